The Morgan fingerprint density at radius 3 is 2.42 bits per heavy atom. The highest BCUT2D eigenvalue weighted by Crippen LogP contribution is 2.33. The van der Waals surface area contributed by atoms with Crippen LogP contribution < -0.4 is 5.73 Å². The molecule has 0 atom stereocenters. The van der Waals surface area contributed by atoms with Gasteiger partial charge in [0.2, 0.25) is 0 Å². The summed E-state index contributed by atoms with van der Waals surface area (Å²) in [5.41, 5.74) is 2.39. The van der Waals surface area contributed by atoms with Crippen LogP contribution in [0.4, 0.5) is 23.2 Å². The number of alkyl halides is 3. The fraction of sp³-hybridized carbons (Fsp3) is 0.133. The van der Waals surface area contributed by atoms with Gasteiger partial charge in [0.1, 0.15) is 11.4 Å². The lowest BCUT2D eigenvalue weighted by Gasteiger charge is -2.13. The summed E-state index contributed by atoms with van der Waals surface area (Å²) >= 11 is 0. The predicted octanol–water partition coefficient (Wildman–Crippen LogP) is 3.53. The van der Waals surface area contributed by atoms with Crippen molar-refractivity contribution < 1.29 is 27.5 Å². The smallest absolute Gasteiger partial charge is 0.433 e. The van der Waals surface area contributed by atoms with Gasteiger partial charge >= 0.3 is 12.1 Å². The van der Waals surface area contributed by atoms with Crippen LogP contribution >= 0.6 is 0 Å². The second kappa shape index (κ2) is 5.91. The Kier molecular flexibility index (Phi) is 4.28. The van der Waals surface area contributed by atoms with Crippen LogP contribution in [0, 0.1) is 12.7 Å². The Labute approximate surface area is 133 Å². The molecule has 0 aliphatic carbocycles. The van der Waals surface area contributed by atoms with E-state index in [1.54, 1.807) is 0 Å². The largest absolute Gasteiger partial charge is 0.476 e. The van der Waals surface area contributed by atoms with E-state index in [1.165, 1.54) is 6.92 Å². The zero-order chi connectivity index (χ0) is 18.2. The number of halogens is 4. The Bertz CT molecular complexity index is 848. The molecule has 2 aromatic rings. The molecule has 2 aromatic heterocycles. The molecule has 0 radical (unpaired) electrons. The third-order valence-corrected chi connectivity index (χ3v) is 3.25. The van der Waals surface area contributed by atoms with Crippen LogP contribution in [-0.4, -0.2) is 21.0 Å². The molecule has 24 heavy (non-hydrogen) atoms. The summed E-state index contributed by atoms with van der Waals surface area (Å²) < 4.78 is 52.4. The van der Waals surface area contributed by atoms with Crippen molar-refractivity contribution >= 4 is 17.7 Å². The van der Waals surface area contributed by atoms with E-state index in [1.807, 2.05) is 0 Å². The molecule has 3 N–H and O–H groups in total. The van der Waals surface area contributed by atoms with Gasteiger partial charge in [0.25, 0.3) is 0 Å². The van der Waals surface area contributed by atoms with Crippen LogP contribution in [0.15, 0.2) is 18.7 Å². The van der Waals surface area contributed by atoms with Crippen LogP contribution in [0.5, 0.6) is 0 Å². The lowest BCUT2D eigenvalue weighted by atomic mass is 10.0. The lowest BCUT2D eigenvalue weighted by Crippen LogP contribution is -2.12. The van der Waals surface area contributed by atoms with E-state index in [4.69, 9.17) is 10.8 Å². The maximum atomic E-state index is 14.4. The van der Waals surface area contributed by atoms with E-state index in [-0.39, 0.29) is 16.8 Å². The van der Waals surface area contributed by atoms with Crippen molar-refractivity contribution in [3.63, 3.8) is 0 Å². The third kappa shape index (κ3) is 2.92. The zero-order valence-electron chi connectivity index (χ0n) is 12.3. The van der Waals surface area contributed by atoms with Crippen LogP contribution in [0.25, 0.3) is 17.3 Å². The minimum Gasteiger partial charge on any atom is -0.476 e. The van der Waals surface area contributed by atoms with E-state index in [9.17, 15) is 22.4 Å². The molecule has 0 saturated heterocycles. The number of carboxylic acids is 1. The standard InChI is InChI=1S/C15H11F4N3O2/c1-3-7-11(20)10(16)12(22-13(7)14(23)24)8-4-5-9(15(17,18)19)21-6(8)2/h3-5H,1H2,2H3,(H2,20,22)(H,23,24). The molecule has 0 saturated carbocycles. The molecule has 5 nitrogen and oxygen atoms in total. The summed E-state index contributed by atoms with van der Waals surface area (Å²) in [6.07, 6.45) is -3.62. The number of hydrogen-bond acceptors (Lipinski definition) is 4. The maximum Gasteiger partial charge on any atom is 0.433 e. The minimum absolute atomic E-state index is 0.0923. The minimum atomic E-state index is -4.66. The average Bonchev–Trinajstić information content (AvgIpc) is 2.49. The number of hydrogen-bond donors (Lipinski definition) is 2. The molecule has 0 aliphatic rings. The van der Waals surface area contributed by atoms with E-state index in [2.05, 4.69) is 16.5 Å². The molecule has 0 fully saturated rings. The third-order valence-electron chi connectivity index (χ3n) is 3.25. The molecule has 0 aliphatic heterocycles. The topological polar surface area (TPSA) is 89.1 Å². The number of aryl methyl sites for hydroxylation is 1. The first kappa shape index (κ1) is 17.4. The normalized spacial score (nSPS) is 11.4. The van der Waals surface area contributed by atoms with Crippen molar-refractivity contribution in [3.8, 4) is 11.3 Å². The summed E-state index contributed by atoms with van der Waals surface area (Å²) in [6, 6.07) is 1.62. The molecule has 2 heterocycles. The molecule has 0 spiro atoms. The molecule has 0 aromatic carbocycles. The van der Waals surface area contributed by atoms with Gasteiger partial charge in [0, 0.05) is 16.8 Å². The number of nitrogen functional groups attached to an aromatic ring is 1. The summed E-state index contributed by atoms with van der Waals surface area (Å²) in [5, 5.41) is 9.15. The van der Waals surface area contributed by atoms with Gasteiger partial charge in [-0.25, -0.2) is 19.2 Å². The monoisotopic (exact) mass is 341 g/mol. The summed E-state index contributed by atoms with van der Waals surface area (Å²) in [4.78, 5) is 18.3. The Hall–Kier alpha value is -2.97. The number of carbonyl (C=O) groups is 1. The van der Waals surface area contributed by atoms with Crippen molar-refractivity contribution in [2.24, 2.45) is 0 Å². The number of anilines is 1. The van der Waals surface area contributed by atoms with E-state index >= 15 is 0 Å². The molecule has 0 bridgehead atoms. The second-order valence-electron chi connectivity index (χ2n) is 4.79. The first-order chi connectivity index (χ1) is 11.1. The fourth-order valence-corrected chi connectivity index (χ4v) is 2.11. The molecular weight excluding hydrogens is 330 g/mol. The van der Waals surface area contributed by atoms with Gasteiger partial charge in [-0.1, -0.05) is 12.7 Å². The Morgan fingerprint density at radius 2 is 1.96 bits per heavy atom. The number of aromatic nitrogens is 2. The van der Waals surface area contributed by atoms with Crippen molar-refractivity contribution in [2.45, 2.75) is 13.1 Å². The Morgan fingerprint density at radius 1 is 1.33 bits per heavy atom. The van der Waals surface area contributed by atoms with Gasteiger partial charge in [-0.2, -0.15) is 13.2 Å². The molecule has 126 valence electrons. The molecule has 2 rings (SSSR count). The van der Waals surface area contributed by atoms with Gasteiger partial charge in [-0.3, -0.25) is 0 Å². The Balaban J connectivity index is 2.74. The van der Waals surface area contributed by atoms with Crippen molar-refractivity contribution in [2.75, 3.05) is 5.73 Å². The van der Waals surface area contributed by atoms with Crippen molar-refractivity contribution in [1.29, 1.82) is 0 Å². The van der Waals surface area contributed by atoms with Gasteiger partial charge in [0.05, 0.1) is 5.69 Å². The van der Waals surface area contributed by atoms with Crippen LogP contribution in [0.3, 0.4) is 0 Å². The second-order valence-corrected chi connectivity index (χ2v) is 4.79. The fourth-order valence-electron chi connectivity index (χ4n) is 2.11. The van der Waals surface area contributed by atoms with Gasteiger partial charge in [0.15, 0.2) is 11.5 Å². The molecule has 0 amide bonds. The summed E-state index contributed by atoms with van der Waals surface area (Å²) in [5.74, 6) is -2.53. The summed E-state index contributed by atoms with van der Waals surface area (Å²) in [7, 11) is 0. The van der Waals surface area contributed by atoms with Gasteiger partial charge < -0.3 is 10.8 Å². The first-order valence-electron chi connectivity index (χ1n) is 6.47. The highest BCUT2D eigenvalue weighted by Gasteiger charge is 2.33. The zero-order valence-corrected chi connectivity index (χ0v) is 12.3. The number of aromatic carboxylic acids is 1. The van der Waals surface area contributed by atoms with Crippen LogP contribution in [0.1, 0.15) is 27.4 Å². The van der Waals surface area contributed by atoms with E-state index in [0.29, 0.717) is 6.07 Å². The molecule has 0 unspecified atom stereocenters. The van der Waals surface area contributed by atoms with Crippen LogP contribution in [-0.2, 0) is 6.18 Å². The van der Waals surface area contributed by atoms with Gasteiger partial charge in [-0.15, -0.1) is 0 Å². The average molecular weight is 341 g/mol. The van der Waals surface area contributed by atoms with Crippen molar-refractivity contribution in [3.05, 3.63) is 47.2 Å². The first-order valence-corrected chi connectivity index (χ1v) is 6.47. The number of carboxylic acid groups (broad SMARTS) is 1. The summed E-state index contributed by atoms with van der Waals surface area (Å²) in [6.45, 7) is 4.57. The highest BCUT2D eigenvalue weighted by molar-refractivity contribution is 5.94. The number of nitrogens with zero attached hydrogens (tertiary/aromatic N) is 2. The SMILES string of the molecule is C=Cc1c(C(=O)O)nc(-c2ccc(C(F)(F)F)nc2C)c(F)c1N. The van der Waals surface area contributed by atoms with E-state index in [0.717, 1.165) is 12.1 Å². The number of rotatable bonds is 3. The molecule has 9 heteroatoms. The number of pyridine rings is 2. The maximum absolute atomic E-state index is 14.4. The van der Waals surface area contributed by atoms with Gasteiger partial charge in [-0.05, 0) is 19.1 Å². The number of nitrogens with two attached hydrogens (primary N) is 1. The predicted molar refractivity (Wildman–Crippen MR) is 78.6 cm³/mol. The van der Waals surface area contributed by atoms with Crippen molar-refractivity contribution in [1.82, 2.24) is 9.97 Å². The lowest BCUT2D eigenvalue weighted by molar-refractivity contribution is -0.141. The van der Waals surface area contributed by atoms with Crippen LogP contribution in [0.2, 0.25) is 0 Å². The quantitative estimate of drug-likeness (QED) is 0.834. The van der Waals surface area contributed by atoms with E-state index < -0.39 is 40.7 Å². The molecular formula is C15H11F4N3O2. The highest BCUT2D eigenvalue weighted by atomic mass is 19.4.